The SMILES string of the molecule is O=S1(=O)OC2C=CC=CC21CO. The van der Waals surface area contributed by atoms with Crippen LogP contribution in [0.15, 0.2) is 24.3 Å². The van der Waals surface area contributed by atoms with E-state index in [2.05, 4.69) is 4.18 Å². The highest BCUT2D eigenvalue weighted by Crippen LogP contribution is 2.41. The van der Waals surface area contributed by atoms with Gasteiger partial charge in [-0.25, -0.2) is 0 Å². The predicted octanol–water partition coefficient (Wildman–Crippen LogP) is -0.428. The number of hydrogen-bond donors (Lipinski definition) is 1. The number of fused-ring (bicyclic) bond motifs is 1. The largest absolute Gasteiger partial charge is 0.394 e. The van der Waals surface area contributed by atoms with E-state index in [0.717, 1.165) is 0 Å². The van der Waals surface area contributed by atoms with Gasteiger partial charge in [-0.3, -0.25) is 4.18 Å². The molecular weight excluding hydrogens is 180 g/mol. The van der Waals surface area contributed by atoms with Gasteiger partial charge in [-0.05, 0) is 0 Å². The van der Waals surface area contributed by atoms with E-state index < -0.39 is 27.6 Å². The lowest BCUT2D eigenvalue weighted by atomic mass is 9.97. The van der Waals surface area contributed by atoms with E-state index >= 15 is 0 Å². The molecule has 1 saturated heterocycles. The summed E-state index contributed by atoms with van der Waals surface area (Å²) in [5, 5.41) is 8.96. The summed E-state index contributed by atoms with van der Waals surface area (Å²) in [6, 6.07) is 0. The molecule has 2 rings (SSSR count). The number of allylic oxidation sites excluding steroid dienone is 2. The zero-order chi connectivity index (χ0) is 8.82. The lowest BCUT2D eigenvalue weighted by Gasteiger charge is -2.43. The van der Waals surface area contributed by atoms with Crippen LogP contribution in [-0.2, 0) is 14.3 Å². The molecule has 12 heavy (non-hydrogen) atoms. The maximum Gasteiger partial charge on any atom is 0.282 e. The molecule has 0 saturated carbocycles. The molecule has 1 aliphatic heterocycles. The van der Waals surface area contributed by atoms with Crippen molar-refractivity contribution in [1.29, 1.82) is 0 Å². The van der Waals surface area contributed by atoms with Gasteiger partial charge in [-0.2, -0.15) is 8.42 Å². The van der Waals surface area contributed by atoms with Gasteiger partial charge in [0.25, 0.3) is 10.1 Å². The maximum absolute atomic E-state index is 11.1. The molecule has 1 aliphatic carbocycles. The van der Waals surface area contributed by atoms with E-state index in [9.17, 15) is 8.42 Å². The Kier molecular flexibility index (Phi) is 1.45. The lowest BCUT2D eigenvalue weighted by molar-refractivity contribution is 0.0976. The lowest BCUT2D eigenvalue weighted by Crippen LogP contribution is -2.62. The molecule has 0 radical (unpaired) electrons. The number of aliphatic hydroxyl groups excluding tert-OH is 1. The summed E-state index contributed by atoms with van der Waals surface area (Å²) in [7, 11) is -3.58. The van der Waals surface area contributed by atoms with Crippen LogP contribution in [0.25, 0.3) is 0 Å². The first-order chi connectivity index (χ1) is 5.62. The smallest absolute Gasteiger partial charge is 0.282 e. The van der Waals surface area contributed by atoms with E-state index in [0.29, 0.717) is 0 Å². The van der Waals surface area contributed by atoms with E-state index in [1.165, 1.54) is 6.08 Å². The van der Waals surface area contributed by atoms with E-state index in [-0.39, 0.29) is 0 Å². The first kappa shape index (κ1) is 7.97. The first-order valence-corrected chi connectivity index (χ1v) is 4.93. The Balaban J connectivity index is 2.48. The Morgan fingerprint density at radius 3 is 2.67 bits per heavy atom. The third kappa shape index (κ3) is 0.708. The topological polar surface area (TPSA) is 63.6 Å². The quantitative estimate of drug-likeness (QED) is 0.567. The highest BCUT2D eigenvalue weighted by atomic mass is 32.2. The molecule has 0 aromatic carbocycles. The van der Waals surface area contributed by atoms with Crippen molar-refractivity contribution in [3.05, 3.63) is 24.3 Å². The van der Waals surface area contributed by atoms with Crippen LogP contribution in [0.2, 0.25) is 0 Å². The summed E-state index contributed by atoms with van der Waals surface area (Å²) in [5.41, 5.74) is 0. The zero-order valence-electron chi connectivity index (χ0n) is 6.17. The predicted molar refractivity (Wildman–Crippen MR) is 41.9 cm³/mol. The monoisotopic (exact) mass is 188 g/mol. The van der Waals surface area contributed by atoms with Gasteiger partial charge >= 0.3 is 0 Å². The number of rotatable bonds is 1. The fourth-order valence-corrected chi connectivity index (χ4v) is 2.74. The summed E-state index contributed by atoms with van der Waals surface area (Å²) < 4.78 is 25.7. The highest BCUT2D eigenvalue weighted by Gasteiger charge is 2.60. The van der Waals surface area contributed by atoms with Crippen LogP contribution >= 0.6 is 0 Å². The van der Waals surface area contributed by atoms with E-state index in [1.807, 2.05) is 0 Å². The normalized spacial score (nSPS) is 41.9. The summed E-state index contributed by atoms with van der Waals surface area (Å²) in [5.74, 6) is 0. The summed E-state index contributed by atoms with van der Waals surface area (Å²) in [4.78, 5) is 0. The average Bonchev–Trinajstić information content (AvgIpc) is 2.03. The van der Waals surface area contributed by atoms with E-state index in [1.54, 1.807) is 18.2 Å². The zero-order valence-corrected chi connectivity index (χ0v) is 6.99. The van der Waals surface area contributed by atoms with Crippen LogP contribution in [0.5, 0.6) is 0 Å². The Morgan fingerprint density at radius 1 is 1.50 bits per heavy atom. The molecule has 2 aliphatic rings. The molecule has 66 valence electrons. The Labute approximate surface area is 70.3 Å². The van der Waals surface area contributed by atoms with Gasteiger partial charge < -0.3 is 5.11 Å². The molecule has 0 aromatic rings. The first-order valence-electron chi connectivity index (χ1n) is 3.52. The van der Waals surface area contributed by atoms with Crippen LogP contribution in [0.1, 0.15) is 0 Å². The van der Waals surface area contributed by atoms with Crippen LogP contribution < -0.4 is 0 Å². The van der Waals surface area contributed by atoms with Crippen LogP contribution in [0.3, 0.4) is 0 Å². The number of aliphatic hydroxyl groups is 1. The molecule has 0 spiro atoms. The fraction of sp³-hybridized carbons (Fsp3) is 0.429. The van der Waals surface area contributed by atoms with Gasteiger partial charge in [0.2, 0.25) is 0 Å². The Hall–Kier alpha value is -0.650. The average molecular weight is 188 g/mol. The van der Waals surface area contributed by atoms with Crippen molar-refractivity contribution in [3.63, 3.8) is 0 Å². The minimum atomic E-state index is -3.58. The second-order valence-electron chi connectivity index (χ2n) is 2.83. The van der Waals surface area contributed by atoms with Gasteiger partial charge in [0.1, 0.15) is 6.10 Å². The van der Waals surface area contributed by atoms with Crippen molar-refractivity contribution in [3.8, 4) is 0 Å². The molecule has 1 heterocycles. The maximum atomic E-state index is 11.1. The highest BCUT2D eigenvalue weighted by molar-refractivity contribution is 7.89. The third-order valence-corrected chi connectivity index (χ3v) is 4.09. The minimum Gasteiger partial charge on any atom is -0.394 e. The van der Waals surface area contributed by atoms with E-state index in [4.69, 9.17) is 5.11 Å². The number of hydrogen-bond acceptors (Lipinski definition) is 4. The van der Waals surface area contributed by atoms with Gasteiger partial charge in [-0.1, -0.05) is 24.3 Å². The fourth-order valence-electron chi connectivity index (χ4n) is 1.39. The summed E-state index contributed by atoms with van der Waals surface area (Å²) >= 11 is 0. The van der Waals surface area contributed by atoms with Crippen LogP contribution in [0, 0.1) is 0 Å². The van der Waals surface area contributed by atoms with Crippen molar-refractivity contribution >= 4 is 10.1 Å². The van der Waals surface area contributed by atoms with Crippen molar-refractivity contribution in [2.24, 2.45) is 0 Å². The standard InChI is InChI=1S/C7H8O4S/c8-5-7-4-2-1-3-6(7)11-12(7,9)10/h1-4,6,8H,5H2. The third-order valence-electron chi connectivity index (χ3n) is 2.20. The molecule has 0 amide bonds. The van der Waals surface area contributed by atoms with Crippen molar-refractivity contribution in [2.45, 2.75) is 10.9 Å². The molecule has 2 unspecified atom stereocenters. The Morgan fingerprint density at radius 2 is 2.25 bits per heavy atom. The molecule has 4 nitrogen and oxygen atoms in total. The molecule has 2 atom stereocenters. The molecule has 0 bridgehead atoms. The summed E-state index contributed by atoms with van der Waals surface area (Å²) in [6.45, 7) is -0.430. The van der Waals surface area contributed by atoms with Gasteiger partial charge in [0, 0.05) is 0 Å². The molecule has 1 fully saturated rings. The van der Waals surface area contributed by atoms with Gasteiger partial charge in [0.05, 0.1) is 6.61 Å². The van der Waals surface area contributed by atoms with Gasteiger partial charge in [0.15, 0.2) is 4.75 Å². The minimum absolute atomic E-state index is 0.430. The second-order valence-corrected chi connectivity index (χ2v) is 4.69. The molecule has 5 heteroatoms. The Bertz CT molecular complexity index is 354. The second kappa shape index (κ2) is 2.18. The van der Waals surface area contributed by atoms with Gasteiger partial charge in [-0.15, -0.1) is 0 Å². The molecular formula is C7H8O4S. The van der Waals surface area contributed by atoms with Crippen molar-refractivity contribution in [2.75, 3.05) is 6.61 Å². The van der Waals surface area contributed by atoms with Crippen molar-refractivity contribution < 1.29 is 17.7 Å². The van der Waals surface area contributed by atoms with Crippen molar-refractivity contribution in [1.82, 2.24) is 0 Å². The molecule has 0 aromatic heterocycles. The van der Waals surface area contributed by atoms with Crippen LogP contribution in [-0.4, -0.2) is 31.0 Å². The summed E-state index contributed by atoms with van der Waals surface area (Å²) in [6.07, 6.45) is 5.88. The van der Waals surface area contributed by atoms with Crippen LogP contribution in [0.4, 0.5) is 0 Å². The molecule has 1 N–H and O–H groups in total.